The number of amides is 9. The van der Waals surface area contributed by atoms with Crippen LogP contribution in [-0.4, -0.2) is 338 Å². The Kier molecular flexibility index (Phi) is 47.6. The van der Waals surface area contributed by atoms with Crippen LogP contribution in [0.2, 0.25) is 0 Å². The van der Waals surface area contributed by atoms with Crippen LogP contribution in [-0.2, 0) is 171 Å². The molecule has 4 heterocycles. The van der Waals surface area contributed by atoms with Gasteiger partial charge in [-0.05, 0) is 66.2 Å². The van der Waals surface area contributed by atoms with Crippen molar-refractivity contribution in [1.29, 1.82) is 5.26 Å². The Bertz CT molecular complexity index is 3710. The summed E-state index contributed by atoms with van der Waals surface area (Å²) in [5, 5.41) is 27.9. The van der Waals surface area contributed by atoms with Gasteiger partial charge in [0.05, 0.1) is 84.7 Å². The Balaban J connectivity index is 1.45. The number of esters is 8. The number of rotatable bonds is 32. The van der Waals surface area contributed by atoms with Crippen molar-refractivity contribution in [3.8, 4) is 6.07 Å². The van der Waals surface area contributed by atoms with Crippen LogP contribution in [0, 0.1) is 17.2 Å². The molecule has 5 fully saturated rings. The maximum atomic E-state index is 14.8. The van der Waals surface area contributed by atoms with E-state index in [0.717, 1.165) is 69.2 Å². The number of nitriles is 1. The molecule has 127 heavy (non-hydrogen) atoms. The summed E-state index contributed by atoms with van der Waals surface area (Å²) in [4.78, 5) is 226. The standard InChI is InChI=1S/C79H123N10O37P/c1-42(2)89(43(3)4)127(116-29-16-25-80)126-56-19-17-55(18-20-56)73(103)87-58-22-24-63(102)86-57(21-23-62(101)81-26-30-107-33-36-110-76-64(84-44(5)90)70(120-52(13)98)67(117-49(10)95)59(123-76)39-113-47(8)93)74(104)82-27-31-109-35-38-112-78-66(72(122-54(15)100)69(119-51(12)97)60(125-78)40-114-48(9)94)88(46(7)92)79(106)115-41-61-68(118-50(11)96)71(121-53(14)99)65(85-45(6)91)77(124-61)111-37-34-108-32-28-83-75(58)105/h42-43,55-61,64-72,76-78H,16-24,26-41H2,1-15H3,(H,81,101)(H,82,104)(H,83,105)(H,84,90)(H,85,91)(H,86,102)(H,87,103)/t55-,56+,57?,58?,59?,60?,61?,64?,65?,66?,67?,68?,69?,70?,71?,72?,76?,77?,78?,127?. The van der Waals surface area contributed by atoms with Gasteiger partial charge in [0.2, 0.25) is 47.3 Å². The molecule has 0 spiro atoms. The molecule has 48 heteroatoms. The highest BCUT2D eigenvalue weighted by Crippen LogP contribution is 2.49. The summed E-state index contributed by atoms with van der Waals surface area (Å²) < 4.78 is 118. The molecule has 1 saturated carbocycles. The fourth-order valence-corrected chi connectivity index (χ4v) is 16.0. The van der Waals surface area contributed by atoms with E-state index >= 15 is 0 Å². The minimum Gasteiger partial charge on any atom is -0.463 e. The van der Waals surface area contributed by atoms with Crippen molar-refractivity contribution in [3.63, 3.8) is 0 Å². The number of carbonyl (C=O) groups excluding carboxylic acids is 17. The van der Waals surface area contributed by atoms with E-state index in [1.807, 2.05) is 27.7 Å². The molecule has 1 aliphatic carbocycles. The zero-order valence-electron chi connectivity index (χ0n) is 74.2. The van der Waals surface area contributed by atoms with E-state index in [2.05, 4.69) is 48.0 Å². The van der Waals surface area contributed by atoms with Crippen molar-refractivity contribution >= 4 is 110 Å². The Labute approximate surface area is 736 Å². The first kappa shape index (κ1) is 108. The van der Waals surface area contributed by atoms with E-state index in [1.165, 1.54) is 6.92 Å². The van der Waals surface area contributed by atoms with Crippen LogP contribution in [0.5, 0.6) is 0 Å². The van der Waals surface area contributed by atoms with Gasteiger partial charge in [-0.3, -0.25) is 76.7 Å². The van der Waals surface area contributed by atoms with Gasteiger partial charge in [0, 0.05) is 127 Å². The molecule has 0 aromatic rings. The van der Waals surface area contributed by atoms with E-state index in [0.29, 0.717) is 30.6 Å². The first-order valence-corrected chi connectivity index (χ1v) is 42.8. The average molecular weight is 1840 g/mol. The lowest BCUT2D eigenvalue weighted by Gasteiger charge is -2.47. The molecular weight excluding hydrogens is 1710 g/mol. The predicted molar refractivity (Wildman–Crippen MR) is 429 cm³/mol. The lowest BCUT2D eigenvalue weighted by molar-refractivity contribution is -0.291. The summed E-state index contributed by atoms with van der Waals surface area (Å²) in [5.74, 6) is -13.9. The maximum Gasteiger partial charge on any atom is 0.417 e. The van der Waals surface area contributed by atoms with Crippen molar-refractivity contribution in [2.45, 2.75) is 284 Å². The van der Waals surface area contributed by atoms with Gasteiger partial charge in [0.15, 0.2) is 55.5 Å². The van der Waals surface area contributed by atoms with Gasteiger partial charge >= 0.3 is 53.8 Å². The van der Waals surface area contributed by atoms with Crippen LogP contribution in [0.4, 0.5) is 4.79 Å². The molecule has 4 saturated heterocycles. The number of imide groups is 1. The molecule has 2 bridgehead atoms. The van der Waals surface area contributed by atoms with Gasteiger partial charge in [0.25, 0.3) is 8.53 Å². The average Bonchev–Trinajstić information content (AvgIpc) is 0.770. The van der Waals surface area contributed by atoms with Crippen LogP contribution in [0.25, 0.3) is 0 Å². The van der Waals surface area contributed by atoms with Crippen molar-refractivity contribution in [3.05, 3.63) is 0 Å². The van der Waals surface area contributed by atoms with E-state index in [9.17, 15) is 86.8 Å². The second-order valence-corrected chi connectivity index (χ2v) is 31.8. The lowest BCUT2D eigenvalue weighted by Crippen LogP contribution is -2.68. The SMILES string of the molecule is CC(=O)NC1C(OCCOCCNC(=O)CCC2NC(=O)CCC(NC(=O)[C@H]3CC[C@@H](OP(OCCC#N)N(C(C)C)C(C)C)CC3)C(=O)NCCOCCOC3OC(COC(=O)N(C(C)=O)C4C(OCCOCCNC2=O)OC(COC(C)=O)C(OC(C)=O)C4OC(C)=O)C(OC(C)=O)C(OC(C)=O)C3NC(C)=O)OC(COC(C)=O)C(OC(C)=O)C1OC(C)=O. The number of carbonyl (C=O) groups is 17. The smallest absolute Gasteiger partial charge is 0.417 e. The first-order valence-electron chi connectivity index (χ1n) is 41.7. The number of ether oxygens (including phenoxy) is 18. The summed E-state index contributed by atoms with van der Waals surface area (Å²) in [7, 11) is -1.61. The number of nitrogens with one attached hydrogen (secondary N) is 7. The molecule has 18 atom stereocenters. The number of hydrogen-bond donors (Lipinski definition) is 7. The Hall–Kier alpha value is -9.57. The highest BCUT2D eigenvalue weighted by atomic mass is 31.2. The maximum absolute atomic E-state index is 14.8. The second kappa shape index (κ2) is 56.0. The molecule has 0 aromatic heterocycles. The molecule has 0 radical (unpaired) electrons. The number of cyclic esters (lactones) is 1. The van der Waals surface area contributed by atoms with Gasteiger partial charge in [-0.25, -0.2) is 14.4 Å². The van der Waals surface area contributed by atoms with Gasteiger partial charge in [0.1, 0.15) is 68.3 Å². The van der Waals surface area contributed by atoms with Crippen LogP contribution in [0.1, 0.15) is 162 Å². The topological polar surface area (TPSA) is 589 Å². The Morgan fingerprint density at radius 1 is 0.559 bits per heavy atom. The monoisotopic (exact) mass is 1830 g/mol. The molecule has 18 unspecified atom stereocenters. The third-order valence-corrected chi connectivity index (χ3v) is 21.5. The third kappa shape index (κ3) is 38.0. The third-order valence-electron chi connectivity index (χ3n) is 19.3. The summed E-state index contributed by atoms with van der Waals surface area (Å²) in [6, 6.07) is -5.49. The summed E-state index contributed by atoms with van der Waals surface area (Å²) in [5.41, 5.74) is 0. The number of hydrogen-bond acceptors (Lipinski definition) is 39. The quantitative estimate of drug-likeness (QED) is 0.0185. The van der Waals surface area contributed by atoms with Gasteiger partial charge < -0.3 is 132 Å². The molecule has 47 nitrogen and oxygen atoms in total. The minimum atomic E-state index is -1.98. The van der Waals surface area contributed by atoms with Crippen molar-refractivity contribution in [1.82, 2.24) is 46.8 Å². The molecule has 5 rings (SSSR count). The minimum absolute atomic E-state index is 0.0175. The fraction of sp³-hybridized carbons (Fsp3) is 0.772. The molecule has 4 aliphatic heterocycles. The summed E-state index contributed by atoms with van der Waals surface area (Å²) in [6.07, 6.45) is -21.3. The van der Waals surface area contributed by atoms with E-state index in [1.54, 1.807) is 0 Å². The number of nitrogens with zero attached hydrogens (tertiary/aromatic N) is 3. The second-order valence-electron chi connectivity index (χ2n) is 30.4. The van der Waals surface area contributed by atoms with Crippen LogP contribution < -0.4 is 37.2 Å². The highest BCUT2D eigenvalue weighted by molar-refractivity contribution is 7.44. The molecule has 9 amide bonds. The van der Waals surface area contributed by atoms with Gasteiger partial charge in [-0.1, -0.05) is 0 Å². The fourth-order valence-electron chi connectivity index (χ4n) is 14.2. The summed E-state index contributed by atoms with van der Waals surface area (Å²) >= 11 is 0. The normalized spacial score (nSPS) is 27.9. The van der Waals surface area contributed by atoms with E-state index in [-0.39, 0.29) is 103 Å². The van der Waals surface area contributed by atoms with E-state index in [4.69, 9.17) is 94.3 Å². The van der Waals surface area contributed by atoms with Crippen molar-refractivity contribution in [2.24, 2.45) is 5.92 Å². The molecular formula is C79H123N10O37P. The Morgan fingerprint density at radius 3 is 1.62 bits per heavy atom. The molecule has 716 valence electrons. The Morgan fingerprint density at radius 2 is 1.08 bits per heavy atom. The first-order chi connectivity index (χ1) is 60.2. The number of fused-ring (bicyclic) bond motifs is 3. The van der Waals surface area contributed by atoms with Crippen LogP contribution >= 0.6 is 8.53 Å². The van der Waals surface area contributed by atoms with Crippen molar-refractivity contribution < 1.29 is 176 Å². The van der Waals surface area contributed by atoms with Crippen molar-refractivity contribution in [2.75, 3.05) is 106 Å². The summed E-state index contributed by atoms with van der Waals surface area (Å²) in [6.45, 7) is 14.0. The van der Waals surface area contributed by atoms with Crippen LogP contribution in [0.3, 0.4) is 0 Å². The lowest BCUT2D eigenvalue weighted by atomic mass is 9.86. The molecule has 0 aromatic carbocycles. The highest BCUT2D eigenvalue weighted by Gasteiger charge is 2.58. The predicted octanol–water partition coefficient (Wildman–Crippen LogP) is -0.916. The molecule has 7 N–H and O–H groups in total. The largest absolute Gasteiger partial charge is 0.463 e. The zero-order valence-corrected chi connectivity index (χ0v) is 75.1. The molecule has 5 aliphatic rings. The van der Waals surface area contributed by atoms with E-state index < -0.39 is 272 Å². The van der Waals surface area contributed by atoms with Gasteiger partial charge in [-0.2, -0.15) is 5.26 Å². The van der Waals surface area contributed by atoms with Crippen LogP contribution in [0.15, 0.2) is 0 Å². The zero-order chi connectivity index (χ0) is 94.1. The van der Waals surface area contributed by atoms with Gasteiger partial charge in [-0.15, -0.1) is 0 Å².